The van der Waals surface area contributed by atoms with E-state index in [0.29, 0.717) is 0 Å². The summed E-state index contributed by atoms with van der Waals surface area (Å²) in [6.45, 7) is 1.49. The van der Waals surface area contributed by atoms with Crippen LogP contribution in [0.3, 0.4) is 0 Å². The van der Waals surface area contributed by atoms with Crippen molar-refractivity contribution in [1.82, 2.24) is 19.5 Å². The van der Waals surface area contributed by atoms with Gasteiger partial charge in [0.2, 0.25) is 0 Å². The van der Waals surface area contributed by atoms with Crippen molar-refractivity contribution in [3.05, 3.63) is 22.8 Å². The minimum Gasteiger partial charge on any atom is -0.464 e. The summed E-state index contributed by atoms with van der Waals surface area (Å²) in [5, 5.41) is 30.2. The number of hydrogen-bond acceptors (Lipinski definition) is 12. The Kier molecular flexibility index (Phi) is 5.02. The lowest BCUT2D eigenvalue weighted by Gasteiger charge is -2.21. The van der Waals surface area contributed by atoms with Crippen LogP contribution in [0.15, 0.2) is 12.7 Å². The van der Waals surface area contributed by atoms with E-state index in [1.807, 2.05) is 0 Å². The average Bonchev–Trinajstić information content (AvgIpc) is 3.17. The predicted molar refractivity (Wildman–Crippen MR) is 84.2 cm³/mol. The molecule has 5 atom stereocenters. The highest BCUT2D eigenvalue weighted by Gasteiger charge is 2.52. The Morgan fingerprint density at radius 2 is 2.26 bits per heavy atom. The van der Waals surface area contributed by atoms with Crippen molar-refractivity contribution < 1.29 is 34.4 Å². The van der Waals surface area contributed by atoms with Crippen molar-refractivity contribution in [1.29, 1.82) is 0 Å². The number of nitrogens with zero attached hydrogens (tertiary/aromatic N) is 5. The van der Waals surface area contributed by atoms with Crippen LogP contribution in [0.2, 0.25) is 0 Å². The molecule has 1 aliphatic heterocycles. The largest absolute Gasteiger partial charge is 0.464 e. The van der Waals surface area contributed by atoms with Gasteiger partial charge in [0.25, 0.3) is 5.09 Å². The maximum atomic E-state index is 11.8. The van der Waals surface area contributed by atoms with Gasteiger partial charge in [-0.15, -0.1) is 10.1 Å². The molecule has 3 unspecified atom stereocenters. The van der Waals surface area contributed by atoms with Crippen LogP contribution in [-0.4, -0.2) is 71.8 Å². The van der Waals surface area contributed by atoms with E-state index in [9.17, 15) is 25.1 Å². The van der Waals surface area contributed by atoms with Gasteiger partial charge in [-0.05, 0) is 6.92 Å². The topological polar surface area (TPSA) is 198 Å². The molecule has 4 N–H and O–H groups in total. The lowest BCUT2D eigenvalue weighted by molar-refractivity contribution is -0.771. The Bertz CT molecular complexity index is 858. The first-order valence-electron chi connectivity index (χ1n) is 7.77. The minimum atomic E-state index is -1.93. The minimum absolute atomic E-state index is 0.0300. The number of aromatic nitrogens is 4. The Morgan fingerprint density at radius 1 is 1.52 bits per heavy atom. The maximum absolute atomic E-state index is 11.8. The second kappa shape index (κ2) is 7.26. The van der Waals surface area contributed by atoms with E-state index in [1.165, 1.54) is 17.8 Å². The zero-order valence-electron chi connectivity index (χ0n) is 13.9. The van der Waals surface area contributed by atoms with Gasteiger partial charge in [0.05, 0.1) is 12.9 Å². The maximum Gasteiger partial charge on any atom is 0.337 e. The normalized spacial score (nSPS) is 26.0. The Balaban J connectivity index is 1.96. The van der Waals surface area contributed by atoms with Gasteiger partial charge < -0.3 is 30.3 Å². The van der Waals surface area contributed by atoms with Gasteiger partial charge >= 0.3 is 5.97 Å². The number of nitrogens with two attached hydrogens (primary N) is 1. The number of rotatable bonds is 6. The van der Waals surface area contributed by atoms with Gasteiger partial charge in [0.15, 0.2) is 29.9 Å². The average molecular weight is 384 g/mol. The molecule has 0 radical (unpaired) electrons. The van der Waals surface area contributed by atoms with Crippen molar-refractivity contribution in [3.8, 4) is 0 Å². The molecule has 0 saturated carbocycles. The molecule has 0 bridgehead atoms. The summed E-state index contributed by atoms with van der Waals surface area (Å²) in [7, 11) is 0. The predicted octanol–water partition coefficient (Wildman–Crippen LogP) is -1.83. The molecular weight excluding hydrogens is 368 g/mol. The number of fused-ring (bicyclic) bond motifs is 1. The molecule has 0 aromatic carbocycles. The Labute approximate surface area is 150 Å². The van der Waals surface area contributed by atoms with E-state index in [4.69, 9.17) is 10.5 Å². The van der Waals surface area contributed by atoms with E-state index in [0.717, 1.165) is 6.33 Å². The summed E-state index contributed by atoms with van der Waals surface area (Å²) >= 11 is 0. The van der Waals surface area contributed by atoms with Gasteiger partial charge in [-0.2, -0.15) is 0 Å². The third kappa shape index (κ3) is 3.32. The van der Waals surface area contributed by atoms with E-state index in [-0.39, 0.29) is 23.6 Å². The van der Waals surface area contributed by atoms with Gasteiger partial charge in [-0.1, -0.05) is 0 Å². The van der Waals surface area contributed by atoms with Crippen LogP contribution < -0.4 is 5.73 Å². The second-order valence-corrected chi connectivity index (χ2v) is 5.56. The molecule has 2 aromatic heterocycles. The van der Waals surface area contributed by atoms with Crippen molar-refractivity contribution >= 4 is 23.0 Å². The number of carbonyl (C=O) groups excluding carboxylic acids is 1. The van der Waals surface area contributed by atoms with Crippen molar-refractivity contribution in [2.24, 2.45) is 0 Å². The number of hydrogen-bond donors (Lipinski definition) is 3. The number of carbonyl (C=O) groups is 1. The van der Waals surface area contributed by atoms with Crippen LogP contribution >= 0.6 is 0 Å². The molecule has 146 valence electrons. The number of ether oxygens (including phenoxy) is 2. The highest BCUT2D eigenvalue weighted by Crippen LogP contribution is 2.35. The summed E-state index contributed by atoms with van der Waals surface area (Å²) in [4.78, 5) is 38.8. The highest BCUT2D eigenvalue weighted by molar-refractivity contribution is 5.81. The summed E-state index contributed by atoms with van der Waals surface area (Å²) in [6, 6.07) is 0. The fraction of sp³-hybridized carbons (Fsp3) is 0.538. The van der Waals surface area contributed by atoms with Crippen LogP contribution in [0.5, 0.6) is 0 Å². The molecule has 27 heavy (non-hydrogen) atoms. The summed E-state index contributed by atoms with van der Waals surface area (Å²) in [5.41, 5.74) is 6.09. The number of anilines is 1. The first-order chi connectivity index (χ1) is 12.8. The first kappa shape index (κ1) is 18.7. The fourth-order valence-corrected chi connectivity index (χ4v) is 2.80. The fourth-order valence-electron chi connectivity index (χ4n) is 2.80. The van der Waals surface area contributed by atoms with Crippen molar-refractivity contribution in [2.75, 3.05) is 12.3 Å². The molecule has 1 saturated heterocycles. The third-order valence-corrected chi connectivity index (χ3v) is 3.96. The van der Waals surface area contributed by atoms with E-state index in [2.05, 4.69) is 24.5 Å². The molecule has 14 nitrogen and oxygen atoms in total. The van der Waals surface area contributed by atoms with Crippen LogP contribution in [-0.2, 0) is 19.1 Å². The van der Waals surface area contributed by atoms with Gasteiger partial charge in [0.1, 0.15) is 24.1 Å². The summed E-state index contributed by atoms with van der Waals surface area (Å²) in [6.07, 6.45) is -5.73. The number of aliphatic hydroxyl groups excluding tert-OH is 2. The third-order valence-electron chi connectivity index (χ3n) is 3.96. The SMILES string of the molecule is CCOC(=O)C(O)[C@H]1O[C@@H](n2cnc3c(N)ncnc32)C(O)C1O[N+](=O)[O-]. The zero-order chi connectivity index (χ0) is 19.7. The van der Waals surface area contributed by atoms with Gasteiger partial charge in [0, 0.05) is 0 Å². The first-order valence-corrected chi connectivity index (χ1v) is 7.77. The zero-order valence-corrected chi connectivity index (χ0v) is 13.9. The Hall–Kier alpha value is -3.10. The lowest BCUT2D eigenvalue weighted by atomic mass is 10.1. The summed E-state index contributed by atoms with van der Waals surface area (Å²) in [5.74, 6) is -0.998. The smallest absolute Gasteiger partial charge is 0.337 e. The lowest BCUT2D eigenvalue weighted by Crippen LogP contribution is -2.45. The Morgan fingerprint density at radius 3 is 2.93 bits per heavy atom. The molecule has 0 spiro atoms. The number of aliphatic hydroxyl groups is 2. The van der Waals surface area contributed by atoms with Crippen LogP contribution in [0.4, 0.5) is 5.82 Å². The van der Waals surface area contributed by atoms with Crippen molar-refractivity contribution in [2.45, 2.75) is 37.6 Å². The molecule has 1 fully saturated rings. The van der Waals surface area contributed by atoms with E-state index < -0.39 is 41.7 Å². The van der Waals surface area contributed by atoms with Crippen LogP contribution in [0.25, 0.3) is 11.2 Å². The number of esters is 1. The van der Waals surface area contributed by atoms with Gasteiger partial charge in [-0.25, -0.2) is 19.7 Å². The van der Waals surface area contributed by atoms with Crippen LogP contribution in [0, 0.1) is 10.1 Å². The standard InChI is InChI=1S/C13H16N6O8/c1-2-25-13(22)7(21)8-9(27-19(23)24)6(20)12(26-8)18-4-17-5-10(14)15-3-16-11(5)18/h3-4,6-9,12,20-21H,2H2,1H3,(H2,14,15,16)/t6?,7?,8-,9?,12-/m1/s1. The summed E-state index contributed by atoms with van der Waals surface area (Å²) < 4.78 is 11.4. The number of imidazole rings is 1. The van der Waals surface area contributed by atoms with Crippen LogP contribution in [0.1, 0.15) is 13.2 Å². The van der Waals surface area contributed by atoms with E-state index >= 15 is 0 Å². The molecule has 3 rings (SSSR count). The van der Waals surface area contributed by atoms with Gasteiger partial charge in [-0.3, -0.25) is 4.57 Å². The molecule has 0 aliphatic carbocycles. The molecule has 0 amide bonds. The molecule has 3 heterocycles. The quantitative estimate of drug-likeness (QED) is 0.286. The molecular formula is C13H16N6O8. The molecule has 2 aromatic rings. The molecule has 1 aliphatic rings. The monoisotopic (exact) mass is 384 g/mol. The van der Waals surface area contributed by atoms with E-state index in [1.54, 1.807) is 0 Å². The van der Waals surface area contributed by atoms with Crippen molar-refractivity contribution in [3.63, 3.8) is 0 Å². The number of nitrogen functional groups attached to an aromatic ring is 1. The molecule has 14 heteroatoms. The highest BCUT2D eigenvalue weighted by atomic mass is 17.0. The second-order valence-electron chi connectivity index (χ2n) is 5.56.